The number of aromatic nitrogens is 3. The monoisotopic (exact) mass is 693 g/mol. The molecule has 12 rings (SSSR count). The SMILES string of the molecule is c1ccc2cc(-c3ccc(-c4nc(-n5c6ccccc6c6c7ccccc7c7c8ccccc8sc7c65)nc5oc6ccccc6c45)cc3)ccc2c1. The van der Waals surface area contributed by atoms with Crippen molar-refractivity contribution in [2.45, 2.75) is 0 Å². The molecule has 0 N–H and O–H groups in total. The van der Waals surface area contributed by atoms with Crippen LogP contribution in [0.3, 0.4) is 0 Å². The quantitative estimate of drug-likeness (QED) is 0.185. The average Bonchev–Trinajstić information content (AvgIpc) is 3.91. The molecule has 53 heavy (non-hydrogen) atoms. The van der Waals surface area contributed by atoms with Crippen LogP contribution in [-0.2, 0) is 0 Å². The van der Waals surface area contributed by atoms with Crippen molar-refractivity contribution >= 4 is 96.9 Å². The van der Waals surface area contributed by atoms with E-state index in [-0.39, 0.29) is 0 Å². The topological polar surface area (TPSA) is 43.9 Å². The van der Waals surface area contributed by atoms with Crippen molar-refractivity contribution in [3.05, 3.63) is 164 Å². The summed E-state index contributed by atoms with van der Waals surface area (Å²) in [5, 5.41) is 11.8. The highest BCUT2D eigenvalue weighted by Crippen LogP contribution is 2.48. The summed E-state index contributed by atoms with van der Waals surface area (Å²) in [6.07, 6.45) is 0. The second-order valence-corrected chi connectivity index (χ2v) is 14.8. The van der Waals surface area contributed by atoms with Crippen LogP contribution in [0.5, 0.6) is 0 Å². The highest BCUT2D eigenvalue weighted by molar-refractivity contribution is 7.27. The van der Waals surface area contributed by atoms with Crippen LogP contribution < -0.4 is 0 Å². The Morgan fingerprint density at radius 3 is 1.96 bits per heavy atom. The van der Waals surface area contributed by atoms with E-state index in [1.54, 1.807) is 0 Å². The first-order valence-electron chi connectivity index (χ1n) is 17.8. The van der Waals surface area contributed by atoms with Crippen LogP contribution in [-0.4, -0.2) is 14.5 Å². The molecule has 246 valence electrons. The minimum absolute atomic E-state index is 0.573. The first-order valence-corrected chi connectivity index (χ1v) is 18.6. The fourth-order valence-electron chi connectivity index (χ4n) is 8.44. The number of hydrogen-bond acceptors (Lipinski definition) is 4. The Morgan fingerprint density at radius 2 is 1.11 bits per heavy atom. The van der Waals surface area contributed by atoms with Gasteiger partial charge in [0.25, 0.3) is 0 Å². The molecule has 0 atom stereocenters. The van der Waals surface area contributed by atoms with Gasteiger partial charge in [0.2, 0.25) is 11.7 Å². The normalized spacial score (nSPS) is 12.2. The van der Waals surface area contributed by atoms with Crippen LogP contribution >= 0.6 is 11.3 Å². The van der Waals surface area contributed by atoms with Crippen LogP contribution in [0, 0.1) is 0 Å². The van der Waals surface area contributed by atoms with E-state index in [2.05, 4.69) is 150 Å². The lowest BCUT2D eigenvalue weighted by atomic mass is 9.99. The van der Waals surface area contributed by atoms with Gasteiger partial charge >= 0.3 is 0 Å². The number of fused-ring (bicyclic) bond motifs is 14. The summed E-state index contributed by atoms with van der Waals surface area (Å²) in [6.45, 7) is 0. The molecule has 8 aromatic carbocycles. The van der Waals surface area contributed by atoms with Gasteiger partial charge in [0.1, 0.15) is 5.58 Å². The number of thiophene rings is 1. The Kier molecular flexibility index (Phi) is 5.90. The van der Waals surface area contributed by atoms with Crippen molar-refractivity contribution in [2.75, 3.05) is 0 Å². The van der Waals surface area contributed by atoms with E-state index in [9.17, 15) is 0 Å². The number of furan rings is 1. The van der Waals surface area contributed by atoms with E-state index in [1.165, 1.54) is 58.1 Å². The smallest absolute Gasteiger partial charge is 0.238 e. The predicted octanol–water partition coefficient (Wildman–Crippen LogP) is 13.5. The van der Waals surface area contributed by atoms with Gasteiger partial charge < -0.3 is 4.42 Å². The molecular formula is C48H27N3OS. The van der Waals surface area contributed by atoms with Gasteiger partial charge in [-0.25, -0.2) is 4.98 Å². The fraction of sp³-hybridized carbons (Fsp3) is 0. The molecule has 0 saturated heterocycles. The Bertz CT molecular complexity index is 3460. The number of rotatable bonds is 3. The molecule has 0 amide bonds. The third kappa shape index (κ3) is 4.11. The lowest BCUT2D eigenvalue weighted by molar-refractivity contribution is 0.651. The summed E-state index contributed by atoms with van der Waals surface area (Å²) in [5.41, 5.74) is 7.74. The van der Waals surface area contributed by atoms with Crippen LogP contribution in [0.15, 0.2) is 168 Å². The van der Waals surface area contributed by atoms with E-state index in [1.807, 2.05) is 29.5 Å². The Morgan fingerprint density at radius 1 is 0.472 bits per heavy atom. The zero-order valence-corrected chi connectivity index (χ0v) is 29.1. The number of hydrogen-bond donors (Lipinski definition) is 0. The molecule has 0 radical (unpaired) electrons. The number of benzene rings is 8. The minimum atomic E-state index is 0.573. The van der Waals surface area contributed by atoms with E-state index in [4.69, 9.17) is 14.4 Å². The molecule has 4 aromatic heterocycles. The minimum Gasteiger partial charge on any atom is -0.437 e. The Labute approximate surface area is 306 Å². The van der Waals surface area contributed by atoms with Crippen molar-refractivity contribution in [3.63, 3.8) is 0 Å². The molecule has 0 saturated carbocycles. The van der Waals surface area contributed by atoms with Gasteiger partial charge in [-0.1, -0.05) is 140 Å². The number of nitrogens with zero attached hydrogens (tertiary/aromatic N) is 3. The summed E-state index contributed by atoms with van der Waals surface area (Å²) < 4.78 is 11.3. The van der Waals surface area contributed by atoms with Gasteiger partial charge in [-0.05, 0) is 56.9 Å². The van der Waals surface area contributed by atoms with E-state index in [0.717, 1.165) is 44.2 Å². The van der Waals surface area contributed by atoms with Crippen molar-refractivity contribution in [3.8, 4) is 28.3 Å². The summed E-state index contributed by atoms with van der Waals surface area (Å²) in [6, 6.07) is 58.3. The molecule has 12 aromatic rings. The highest BCUT2D eigenvalue weighted by atomic mass is 32.1. The van der Waals surface area contributed by atoms with Crippen molar-refractivity contribution < 1.29 is 4.42 Å². The van der Waals surface area contributed by atoms with E-state index in [0.29, 0.717) is 11.7 Å². The van der Waals surface area contributed by atoms with E-state index >= 15 is 0 Å². The molecular weight excluding hydrogens is 667 g/mol. The Hall–Kier alpha value is -6.82. The third-order valence-corrected chi connectivity index (χ3v) is 12.0. The second kappa shape index (κ2) is 10.8. The molecule has 0 aliphatic rings. The largest absolute Gasteiger partial charge is 0.437 e. The summed E-state index contributed by atoms with van der Waals surface area (Å²) in [7, 11) is 0. The maximum Gasteiger partial charge on any atom is 0.238 e. The van der Waals surface area contributed by atoms with Gasteiger partial charge in [-0.15, -0.1) is 11.3 Å². The average molecular weight is 694 g/mol. The van der Waals surface area contributed by atoms with Gasteiger partial charge in [-0.2, -0.15) is 4.98 Å². The van der Waals surface area contributed by atoms with Crippen LogP contribution in [0.1, 0.15) is 0 Å². The zero-order valence-electron chi connectivity index (χ0n) is 28.2. The third-order valence-electron chi connectivity index (χ3n) is 10.8. The molecule has 0 unspecified atom stereocenters. The maximum atomic E-state index is 6.56. The predicted molar refractivity (Wildman–Crippen MR) is 222 cm³/mol. The molecule has 4 heterocycles. The van der Waals surface area contributed by atoms with Crippen molar-refractivity contribution in [2.24, 2.45) is 0 Å². The van der Waals surface area contributed by atoms with Crippen LogP contribution in [0.2, 0.25) is 0 Å². The first-order chi connectivity index (χ1) is 26.3. The lowest BCUT2D eigenvalue weighted by Gasteiger charge is -2.11. The fourth-order valence-corrected chi connectivity index (χ4v) is 9.70. The molecule has 0 spiro atoms. The maximum absolute atomic E-state index is 6.56. The van der Waals surface area contributed by atoms with Crippen LogP contribution in [0.25, 0.3) is 114 Å². The van der Waals surface area contributed by atoms with Gasteiger partial charge in [0.15, 0.2) is 0 Å². The van der Waals surface area contributed by atoms with E-state index < -0.39 is 0 Å². The molecule has 0 aliphatic carbocycles. The molecule has 0 bridgehead atoms. The molecule has 0 aliphatic heterocycles. The second-order valence-electron chi connectivity index (χ2n) is 13.7. The summed E-state index contributed by atoms with van der Waals surface area (Å²) >= 11 is 1.84. The zero-order chi connectivity index (χ0) is 34.6. The highest BCUT2D eigenvalue weighted by Gasteiger charge is 2.25. The lowest BCUT2D eigenvalue weighted by Crippen LogP contribution is -2.03. The van der Waals surface area contributed by atoms with Crippen LogP contribution in [0.4, 0.5) is 0 Å². The number of para-hydroxylation sites is 2. The Balaban J connectivity index is 1.17. The standard InChI is InChI=1S/C48H27N3OS/c1-2-12-31-27-32(26-23-28(31)11-1)29-21-24-30(25-22-29)44-43-36-16-6-9-19-39(36)52-47(43)50-48(49-44)51-38-18-8-5-15-35(38)41-33-13-3-4-14-34(33)42-37-17-7-10-20-40(37)53-46(42)45(41)51/h1-27H. The molecule has 0 fully saturated rings. The molecule has 5 heteroatoms. The van der Waals surface area contributed by atoms with Crippen molar-refractivity contribution in [1.29, 1.82) is 0 Å². The van der Waals surface area contributed by atoms with Gasteiger partial charge in [0.05, 0.1) is 26.8 Å². The van der Waals surface area contributed by atoms with Crippen molar-refractivity contribution in [1.82, 2.24) is 14.5 Å². The van der Waals surface area contributed by atoms with Gasteiger partial charge in [-0.3, -0.25) is 4.57 Å². The first kappa shape index (κ1) is 28.8. The summed E-state index contributed by atoms with van der Waals surface area (Å²) in [4.78, 5) is 10.8. The van der Waals surface area contributed by atoms with Gasteiger partial charge in [0, 0.05) is 37.2 Å². The summed E-state index contributed by atoms with van der Waals surface area (Å²) in [5.74, 6) is 0.588. The molecule has 4 nitrogen and oxygen atoms in total.